The van der Waals surface area contributed by atoms with Gasteiger partial charge in [-0.15, -0.1) is 0 Å². The average molecular weight is 270 g/mol. The number of piperidine rings is 1. The molecule has 2 N–H and O–H groups in total. The third-order valence-electron chi connectivity index (χ3n) is 3.81. The van der Waals surface area contributed by atoms with Crippen molar-refractivity contribution in [2.45, 2.75) is 44.2 Å². The minimum atomic E-state index is -0.898. The fourth-order valence-electron chi connectivity index (χ4n) is 2.74. The number of nitrogens with one attached hydrogen (secondary N) is 1. The van der Waals surface area contributed by atoms with Gasteiger partial charge in [0.25, 0.3) is 0 Å². The van der Waals surface area contributed by atoms with Crippen molar-refractivity contribution in [3.05, 3.63) is 0 Å². The van der Waals surface area contributed by atoms with E-state index in [2.05, 4.69) is 5.32 Å². The minimum Gasteiger partial charge on any atom is -0.480 e. The van der Waals surface area contributed by atoms with Crippen molar-refractivity contribution in [2.24, 2.45) is 0 Å². The number of carbonyl (C=O) groups excluding carboxylic acids is 1. The van der Waals surface area contributed by atoms with Crippen LogP contribution in [-0.4, -0.2) is 60.3 Å². The summed E-state index contributed by atoms with van der Waals surface area (Å²) in [5.74, 6) is -0.996. The molecule has 0 unspecified atom stereocenters. The second-order valence-corrected chi connectivity index (χ2v) is 5.15. The van der Waals surface area contributed by atoms with Crippen LogP contribution in [0.25, 0.3) is 0 Å². The molecule has 0 bridgehead atoms. The third-order valence-corrected chi connectivity index (χ3v) is 3.81. The van der Waals surface area contributed by atoms with E-state index in [9.17, 15) is 9.59 Å². The Morgan fingerprint density at radius 2 is 2.00 bits per heavy atom. The van der Waals surface area contributed by atoms with Crippen LogP contribution in [0.15, 0.2) is 0 Å². The smallest absolute Gasteiger partial charge is 0.326 e. The van der Waals surface area contributed by atoms with Gasteiger partial charge in [0.15, 0.2) is 0 Å². The topological polar surface area (TPSA) is 78.9 Å². The Balaban J connectivity index is 1.70. The summed E-state index contributed by atoms with van der Waals surface area (Å²) >= 11 is 0. The van der Waals surface area contributed by atoms with Crippen LogP contribution in [0, 0.1) is 0 Å². The lowest BCUT2D eigenvalue weighted by Gasteiger charge is -2.24. The zero-order valence-corrected chi connectivity index (χ0v) is 11.1. The van der Waals surface area contributed by atoms with Crippen LogP contribution in [-0.2, 0) is 14.3 Å². The van der Waals surface area contributed by atoms with Gasteiger partial charge >= 0.3 is 5.97 Å². The van der Waals surface area contributed by atoms with Gasteiger partial charge in [-0.1, -0.05) is 0 Å². The van der Waals surface area contributed by atoms with Gasteiger partial charge < -0.3 is 20.1 Å². The van der Waals surface area contributed by atoms with Crippen LogP contribution in [0.4, 0.5) is 0 Å². The van der Waals surface area contributed by atoms with Crippen LogP contribution >= 0.6 is 0 Å². The lowest BCUT2D eigenvalue weighted by atomic mass is 10.1. The molecule has 6 heteroatoms. The molecule has 2 aliphatic heterocycles. The zero-order valence-electron chi connectivity index (χ0n) is 11.1. The predicted molar refractivity (Wildman–Crippen MR) is 68.8 cm³/mol. The first-order valence-electron chi connectivity index (χ1n) is 7.03. The average Bonchev–Trinajstić information content (AvgIpc) is 2.89. The summed E-state index contributed by atoms with van der Waals surface area (Å²) in [4.78, 5) is 24.5. The van der Waals surface area contributed by atoms with Crippen molar-refractivity contribution in [2.75, 3.05) is 26.2 Å². The molecule has 0 aromatic rings. The molecule has 6 nitrogen and oxygen atoms in total. The number of likely N-dealkylation sites (tertiary alicyclic amines) is 1. The maximum atomic E-state index is 12.0. The summed E-state index contributed by atoms with van der Waals surface area (Å²) in [5.41, 5.74) is 0. The molecule has 2 heterocycles. The molecular weight excluding hydrogens is 248 g/mol. The Morgan fingerprint density at radius 1 is 1.26 bits per heavy atom. The molecule has 0 aromatic heterocycles. The lowest BCUT2D eigenvalue weighted by molar-refractivity contribution is -0.148. The number of hydrogen-bond acceptors (Lipinski definition) is 4. The Morgan fingerprint density at radius 3 is 2.68 bits per heavy atom. The van der Waals surface area contributed by atoms with E-state index in [1.165, 1.54) is 4.90 Å². The first kappa shape index (κ1) is 14.3. The van der Waals surface area contributed by atoms with Crippen molar-refractivity contribution >= 4 is 11.9 Å². The summed E-state index contributed by atoms with van der Waals surface area (Å²) in [7, 11) is 0. The second kappa shape index (κ2) is 6.86. The Hall–Kier alpha value is -1.14. The normalized spacial score (nSPS) is 24.6. The molecule has 108 valence electrons. The van der Waals surface area contributed by atoms with Gasteiger partial charge in [-0.2, -0.15) is 0 Å². The van der Waals surface area contributed by atoms with E-state index in [0.29, 0.717) is 19.6 Å². The number of amides is 1. The van der Waals surface area contributed by atoms with Crippen molar-refractivity contribution in [3.63, 3.8) is 0 Å². The molecule has 1 atom stereocenters. The van der Waals surface area contributed by atoms with Gasteiger partial charge in [0, 0.05) is 6.54 Å². The van der Waals surface area contributed by atoms with Crippen molar-refractivity contribution in [1.29, 1.82) is 0 Å². The van der Waals surface area contributed by atoms with Crippen LogP contribution in [0.5, 0.6) is 0 Å². The molecule has 0 saturated carbocycles. The number of carboxylic acids is 1. The van der Waals surface area contributed by atoms with Gasteiger partial charge in [-0.05, 0) is 38.8 Å². The molecule has 0 spiro atoms. The van der Waals surface area contributed by atoms with Crippen LogP contribution in [0.2, 0.25) is 0 Å². The summed E-state index contributed by atoms with van der Waals surface area (Å²) < 4.78 is 5.67. The highest BCUT2D eigenvalue weighted by Crippen LogP contribution is 2.18. The standard InChI is InChI=1S/C13H22N2O4/c16-12(15-8-1-2-11(15)13(17)18)5-9-19-10-3-6-14-7-4-10/h10-11,14H,1-9H2,(H,17,18)/t11-/m0/s1. The largest absolute Gasteiger partial charge is 0.480 e. The number of aliphatic carboxylic acids is 1. The van der Waals surface area contributed by atoms with Gasteiger partial charge in [0.2, 0.25) is 5.91 Å². The van der Waals surface area contributed by atoms with E-state index >= 15 is 0 Å². The number of carboxylic acid groups (broad SMARTS) is 1. The van der Waals surface area contributed by atoms with Crippen LogP contribution in [0.1, 0.15) is 32.1 Å². The Bertz CT molecular complexity index is 329. The molecule has 2 aliphatic rings. The Labute approximate surface area is 113 Å². The Kier molecular flexibility index (Phi) is 5.15. The van der Waals surface area contributed by atoms with E-state index < -0.39 is 12.0 Å². The van der Waals surface area contributed by atoms with Gasteiger partial charge in [-0.25, -0.2) is 4.79 Å². The monoisotopic (exact) mass is 270 g/mol. The SMILES string of the molecule is O=C(O)[C@@H]1CCCN1C(=O)CCOC1CCNCC1. The molecule has 2 rings (SSSR count). The first-order chi connectivity index (χ1) is 9.18. The molecule has 2 fully saturated rings. The highest BCUT2D eigenvalue weighted by Gasteiger charge is 2.33. The van der Waals surface area contributed by atoms with Gasteiger partial charge in [0.1, 0.15) is 6.04 Å². The van der Waals surface area contributed by atoms with Crippen molar-refractivity contribution in [1.82, 2.24) is 10.2 Å². The maximum absolute atomic E-state index is 12.0. The summed E-state index contributed by atoms with van der Waals surface area (Å²) in [6, 6.07) is -0.633. The predicted octanol–water partition coefficient (Wildman–Crippen LogP) is 0.221. The number of hydrogen-bond donors (Lipinski definition) is 2. The van der Waals surface area contributed by atoms with E-state index in [1.54, 1.807) is 0 Å². The summed E-state index contributed by atoms with van der Waals surface area (Å²) in [6.45, 7) is 2.88. The minimum absolute atomic E-state index is 0.0983. The van der Waals surface area contributed by atoms with Gasteiger partial charge in [0.05, 0.1) is 19.1 Å². The zero-order chi connectivity index (χ0) is 13.7. The molecule has 0 aromatic carbocycles. The van der Waals surface area contributed by atoms with Crippen molar-refractivity contribution in [3.8, 4) is 0 Å². The highest BCUT2D eigenvalue weighted by atomic mass is 16.5. The first-order valence-corrected chi connectivity index (χ1v) is 7.03. The fourth-order valence-corrected chi connectivity index (χ4v) is 2.74. The molecular formula is C13H22N2O4. The fraction of sp³-hybridized carbons (Fsp3) is 0.846. The van der Waals surface area contributed by atoms with E-state index in [1.807, 2.05) is 0 Å². The number of ether oxygens (including phenoxy) is 1. The highest BCUT2D eigenvalue weighted by molar-refractivity contribution is 5.84. The maximum Gasteiger partial charge on any atom is 0.326 e. The molecule has 1 amide bonds. The van der Waals surface area contributed by atoms with Crippen LogP contribution < -0.4 is 5.32 Å². The number of carbonyl (C=O) groups is 2. The number of rotatable bonds is 5. The molecule has 2 saturated heterocycles. The van der Waals surface area contributed by atoms with E-state index in [-0.39, 0.29) is 18.4 Å². The molecule has 0 aliphatic carbocycles. The lowest BCUT2D eigenvalue weighted by Crippen LogP contribution is -2.41. The second-order valence-electron chi connectivity index (χ2n) is 5.15. The van der Waals surface area contributed by atoms with Crippen LogP contribution in [0.3, 0.4) is 0 Å². The summed E-state index contributed by atoms with van der Waals surface area (Å²) in [6.07, 6.45) is 3.83. The van der Waals surface area contributed by atoms with Crippen molar-refractivity contribution < 1.29 is 19.4 Å². The quantitative estimate of drug-likeness (QED) is 0.747. The number of nitrogens with zero attached hydrogens (tertiary/aromatic N) is 1. The summed E-state index contributed by atoms with van der Waals surface area (Å²) in [5, 5.41) is 12.3. The van der Waals surface area contributed by atoms with E-state index in [0.717, 1.165) is 32.4 Å². The third kappa shape index (κ3) is 3.91. The molecule has 0 radical (unpaired) electrons. The van der Waals surface area contributed by atoms with Gasteiger partial charge in [-0.3, -0.25) is 4.79 Å². The molecule has 19 heavy (non-hydrogen) atoms. The van der Waals surface area contributed by atoms with E-state index in [4.69, 9.17) is 9.84 Å².